The third-order valence-electron chi connectivity index (χ3n) is 4.01. The lowest BCUT2D eigenvalue weighted by molar-refractivity contribution is -0.116. The molecule has 0 aliphatic rings. The van der Waals surface area contributed by atoms with Crippen LogP contribution in [0.3, 0.4) is 0 Å². The molecule has 0 bridgehead atoms. The molecule has 0 unspecified atom stereocenters. The van der Waals surface area contributed by atoms with E-state index in [1.165, 1.54) is 17.2 Å². The summed E-state index contributed by atoms with van der Waals surface area (Å²) in [5, 5.41) is 9.07. The van der Waals surface area contributed by atoms with E-state index in [-0.39, 0.29) is 18.5 Å². The van der Waals surface area contributed by atoms with Crippen molar-refractivity contribution in [3.8, 4) is 0 Å². The molecule has 8 nitrogen and oxygen atoms in total. The molecule has 0 saturated heterocycles. The second-order valence-corrected chi connectivity index (χ2v) is 6.13. The molecule has 3 amide bonds. The van der Waals surface area contributed by atoms with Crippen molar-refractivity contribution in [1.29, 1.82) is 0 Å². The fraction of sp³-hybridized carbons (Fsp3) is 0.421. The number of aromatic nitrogens is 1. The van der Waals surface area contributed by atoms with Gasteiger partial charge in [-0.1, -0.05) is 11.2 Å². The Morgan fingerprint density at radius 3 is 2.67 bits per heavy atom. The monoisotopic (exact) mass is 374 g/mol. The average molecular weight is 374 g/mol. The van der Waals surface area contributed by atoms with Gasteiger partial charge in [0.1, 0.15) is 12.8 Å². The van der Waals surface area contributed by atoms with Crippen molar-refractivity contribution >= 4 is 23.4 Å². The maximum Gasteiger partial charge on any atom is 0.322 e. The van der Waals surface area contributed by atoms with Gasteiger partial charge in [0, 0.05) is 31.5 Å². The Bertz CT molecular complexity index is 746. The first-order valence-corrected chi connectivity index (χ1v) is 8.90. The van der Waals surface area contributed by atoms with Gasteiger partial charge >= 0.3 is 6.03 Å². The van der Waals surface area contributed by atoms with Crippen LogP contribution in [-0.2, 0) is 9.53 Å². The van der Waals surface area contributed by atoms with Gasteiger partial charge in [0.2, 0.25) is 5.91 Å². The number of anilines is 2. The molecule has 27 heavy (non-hydrogen) atoms. The molecule has 1 aromatic carbocycles. The van der Waals surface area contributed by atoms with E-state index in [0.29, 0.717) is 37.7 Å². The summed E-state index contributed by atoms with van der Waals surface area (Å²) in [5.74, 6) is -0.0422. The Labute approximate surface area is 158 Å². The normalized spacial score (nSPS) is 10.5. The SMILES string of the molecule is CCOCCCN(CC(=O)Nc1ccon1)C(=O)Nc1ccc(C)c(C)c1. The number of carbonyl (C=O) groups is 2. The van der Waals surface area contributed by atoms with E-state index >= 15 is 0 Å². The molecule has 146 valence electrons. The minimum absolute atomic E-state index is 0.102. The molecular weight excluding hydrogens is 348 g/mol. The zero-order chi connectivity index (χ0) is 19.6. The van der Waals surface area contributed by atoms with Crippen molar-refractivity contribution in [2.45, 2.75) is 27.2 Å². The second-order valence-electron chi connectivity index (χ2n) is 6.13. The number of carbonyl (C=O) groups excluding carboxylic acids is 2. The largest absolute Gasteiger partial charge is 0.382 e. The van der Waals surface area contributed by atoms with Gasteiger partial charge in [-0.05, 0) is 50.5 Å². The minimum Gasteiger partial charge on any atom is -0.382 e. The Kier molecular flexibility index (Phi) is 7.81. The van der Waals surface area contributed by atoms with E-state index in [9.17, 15) is 9.59 Å². The summed E-state index contributed by atoms with van der Waals surface area (Å²) in [7, 11) is 0. The fourth-order valence-corrected chi connectivity index (χ4v) is 2.41. The number of hydrogen-bond acceptors (Lipinski definition) is 5. The van der Waals surface area contributed by atoms with Gasteiger partial charge in [-0.2, -0.15) is 0 Å². The number of nitrogens with zero attached hydrogens (tertiary/aromatic N) is 2. The van der Waals surface area contributed by atoms with Crippen LogP contribution in [0.4, 0.5) is 16.3 Å². The third kappa shape index (κ3) is 6.74. The fourth-order valence-electron chi connectivity index (χ4n) is 2.41. The molecule has 2 N–H and O–H groups in total. The Hall–Kier alpha value is -2.87. The minimum atomic E-state index is -0.351. The average Bonchev–Trinajstić information content (AvgIpc) is 3.13. The molecule has 0 spiro atoms. The summed E-state index contributed by atoms with van der Waals surface area (Å²) in [6, 6.07) is 6.88. The standard InChI is InChI=1S/C19H26N4O4/c1-4-26-10-5-9-23(13-18(24)21-17-8-11-27-22-17)19(25)20-16-7-6-14(2)15(3)12-16/h6-8,11-12H,4-5,9-10,13H2,1-3H3,(H,20,25)(H,21,22,24). The van der Waals surface area contributed by atoms with Gasteiger partial charge in [0.05, 0.1) is 0 Å². The van der Waals surface area contributed by atoms with Crippen molar-refractivity contribution in [3.63, 3.8) is 0 Å². The van der Waals surface area contributed by atoms with Crippen LogP contribution in [0.1, 0.15) is 24.5 Å². The van der Waals surface area contributed by atoms with Gasteiger partial charge in [0.15, 0.2) is 5.82 Å². The van der Waals surface area contributed by atoms with Crippen molar-refractivity contribution in [2.24, 2.45) is 0 Å². The molecule has 0 aliphatic carbocycles. The quantitative estimate of drug-likeness (QED) is 0.657. The first-order chi connectivity index (χ1) is 13.0. The lowest BCUT2D eigenvalue weighted by Crippen LogP contribution is -2.41. The lowest BCUT2D eigenvalue weighted by Gasteiger charge is -2.22. The highest BCUT2D eigenvalue weighted by Gasteiger charge is 2.18. The highest BCUT2D eigenvalue weighted by molar-refractivity contribution is 5.96. The van der Waals surface area contributed by atoms with E-state index in [1.807, 2.05) is 39.0 Å². The van der Waals surface area contributed by atoms with Crippen LogP contribution >= 0.6 is 0 Å². The van der Waals surface area contributed by atoms with Crippen molar-refractivity contribution in [2.75, 3.05) is 36.9 Å². The highest BCUT2D eigenvalue weighted by atomic mass is 16.5. The molecular formula is C19H26N4O4. The van der Waals surface area contributed by atoms with Gasteiger partial charge in [-0.3, -0.25) is 4.79 Å². The summed E-state index contributed by atoms with van der Waals surface area (Å²) >= 11 is 0. The zero-order valence-corrected chi connectivity index (χ0v) is 15.9. The van der Waals surface area contributed by atoms with Crippen LogP contribution in [0, 0.1) is 13.8 Å². The molecule has 0 radical (unpaired) electrons. The Morgan fingerprint density at radius 1 is 1.19 bits per heavy atom. The smallest absolute Gasteiger partial charge is 0.322 e. The number of rotatable bonds is 9. The van der Waals surface area contributed by atoms with E-state index in [4.69, 9.17) is 4.74 Å². The summed E-state index contributed by atoms with van der Waals surface area (Å²) < 4.78 is 10.0. The molecule has 0 fully saturated rings. The van der Waals surface area contributed by atoms with E-state index in [2.05, 4.69) is 20.3 Å². The Balaban J connectivity index is 1.99. The van der Waals surface area contributed by atoms with Crippen LogP contribution in [-0.4, -0.2) is 48.3 Å². The maximum atomic E-state index is 12.7. The summed E-state index contributed by atoms with van der Waals surface area (Å²) in [6.07, 6.45) is 1.99. The lowest BCUT2D eigenvalue weighted by atomic mass is 10.1. The number of ether oxygens (including phenoxy) is 1. The third-order valence-corrected chi connectivity index (χ3v) is 4.01. The van der Waals surface area contributed by atoms with Gasteiger partial charge in [-0.15, -0.1) is 0 Å². The second kappa shape index (κ2) is 10.3. The molecule has 0 atom stereocenters. The van der Waals surface area contributed by atoms with E-state index in [0.717, 1.165) is 11.1 Å². The summed E-state index contributed by atoms with van der Waals surface area (Å²) in [5.41, 5.74) is 2.92. The molecule has 1 heterocycles. The molecule has 0 aliphatic heterocycles. The van der Waals surface area contributed by atoms with Crippen molar-refractivity contribution < 1.29 is 18.8 Å². The number of amides is 3. The zero-order valence-electron chi connectivity index (χ0n) is 15.9. The van der Waals surface area contributed by atoms with Crippen molar-refractivity contribution in [1.82, 2.24) is 10.1 Å². The topological polar surface area (TPSA) is 96.7 Å². The number of hydrogen-bond donors (Lipinski definition) is 2. The van der Waals surface area contributed by atoms with Crippen LogP contribution in [0.2, 0.25) is 0 Å². The number of benzene rings is 1. The highest BCUT2D eigenvalue weighted by Crippen LogP contribution is 2.15. The van der Waals surface area contributed by atoms with Gasteiger partial charge < -0.3 is 24.8 Å². The van der Waals surface area contributed by atoms with E-state index in [1.54, 1.807) is 0 Å². The molecule has 1 aromatic heterocycles. The molecule has 2 aromatic rings. The van der Waals surface area contributed by atoms with E-state index < -0.39 is 0 Å². The van der Waals surface area contributed by atoms with Gasteiger partial charge in [0.25, 0.3) is 0 Å². The first-order valence-electron chi connectivity index (χ1n) is 8.90. The summed E-state index contributed by atoms with van der Waals surface area (Å²) in [6.45, 7) is 7.33. The van der Waals surface area contributed by atoms with Crippen LogP contribution in [0.25, 0.3) is 0 Å². The molecule has 2 rings (SSSR count). The maximum absolute atomic E-state index is 12.7. The molecule has 0 saturated carbocycles. The Morgan fingerprint density at radius 2 is 2.00 bits per heavy atom. The van der Waals surface area contributed by atoms with Crippen molar-refractivity contribution in [3.05, 3.63) is 41.7 Å². The van der Waals surface area contributed by atoms with Crippen LogP contribution in [0.5, 0.6) is 0 Å². The van der Waals surface area contributed by atoms with Crippen LogP contribution in [0.15, 0.2) is 35.1 Å². The number of urea groups is 1. The van der Waals surface area contributed by atoms with Crippen LogP contribution < -0.4 is 10.6 Å². The number of nitrogens with one attached hydrogen (secondary N) is 2. The summed E-state index contributed by atoms with van der Waals surface area (Å²) in [4.78, 5) is 26.3. The molecule has 8 heteroatoms. The predicted molar refractivity (Wildman–Crippen MR) is 103 cm³/mol. The predicted octanol–water partition coefficient (Wildman–Crippen LogP) is 3.19. The number of aryl methyl sites for hydroxylation is 2. The van der Waals surface area contributed by atoms with Gasteiger partial charge in [-0.25, -0.2) is 4.79 Å². The first kappa shape index (κ1) is 20.4.